The summed E-state index contributed by atoms with van der Waals surface area (Å²) < 4.78 is 0. The largest absolute Gasteiger partial charge is 0.385 e. The topological polar surface area (TPSA) is 58.7 Å². The monoisotopic (exact) mass is 253 g/mol. The molecule has 1 aliphatic carbocycles. The number of nitrogens with zero attached hydrogens (tertiary/aromatic N) is 2. The molecule has 3 rings (SSSR count). The van der Waals surface area contributed by atoms with Gasteiger partial charge < -0.3 is 5.73 Å². The van der Waals surface area contributed by atoms with Gasteiger partial charge in [-0.3, -0.25) is 4.90 Å². The summed E-state index contributed by atoms with van der Waals surface area (Å²) >= 11 is 0. The highest BCUT2D eigenvalue weighted by Crippen LogP contribution is 2.41. The molecule has 19 heavy (non-hydrogen) atoms. The van der Waals surface area contributed by atoms with Crippen LogP contribution in [0, 0.1) is 12.3 Å². The van der Waals surface area contributed by atoms with Crippen LogP contribution in [0.3, 0.4) is 0 Å². The quantitative estimate of drug-likeness (QED) is 0.838. The van der Waals surface area contributed by atoms with E-state index in [4.69, 9.17) is 12.2 Å². The van der Waals surface area contributed by atoms with E-state index in [-0.39, 0.29) is 18.6 Å². The van der Waals surface area contributed by atoms with Gasteiger partial charge in [0.1, 0.15) is 11.9 Å². The Hall–Kier alpha value is -2.28. The standard InChI is InChI=1S/C15H15N3O/c1-2-8-18-13(14(16)17-15(18)19)12-5-3-4-11(9-12)10-6-7-10/h1,3-5,9-10,13H,6-8H2,(H2,16,17,19). The number of amides is 2. The lowest BCUT2D eigenvalue weighted by Crippen LogP contribution is -2.33. The Morgan fingerprint density at radius 2 is 2.16 bits per heavy atom. The number of hydrogen-bond acceptors (Lipinski definition) is 2. The molecule has 1 fully saturated rings. The second kappa shape index (κ2) is 4.43. The van der Waals surface area contributed by atoms with Gasteiger partial charge in [0, 0.05) is 0 Å². The van der Waals surface area contributed by atoms with Crippen molar-refractivity contribution in [3.05, 3.63) is 35.4 Å². The van der Waals surface area contributed by atoms with E-state index in [9.17, 15) is 4.79 Å². The molecule has 0 bridgehead atoms. The summed E-state index contributed by atoms with van der Waals surface area (Å²) in [5.41, 5.74) is 8.19. The molecule has 1 heterocycles. The number of carbonyl (C=O) groups is 1. The molecule has 2 N–H and O–H groups in total. The van der Waals surface area contributed by atoms with Gasteiger partial charge in [-0.25, -0.2) is 4.79 Å². The second-order valence-electron chi connectivity index (χ2n) is 5.00. The van der Waals surface area contributed by atoms with E-state index < -0.39 is 0 Å². The maximum absolute atomic E-state index is 11.8. The van der Waals surface area contributed by atoms with Gasteiger partial charge in [0.05, 0.1) is 6.54 Å². The molecule has 1 atom stereocenters. The molecular weight excluding hydrogens is 238 g/mol. The minimum absolute atomic E-state index is 0.224. The van der Waals surface area contributed by atoms with Gasteiger partial charge in [-0.05, 0) is 29.9 Å². The Balaban J connectivity index is 1.95. The van der Waals surface area contributed by atoms with E-state index in [2.05, 4.69) is 23.0 Å². The molecule has 2 aliphatic rings. The first-order chi connectivity index (χ1) is 9.20. The number of rotatable bonds is 3. The van der Waals surface area contributed by atoms with Crippen LogP contribution in [0.2, 0.25) is 0 Å². The van der Waals surface area contributed by atoms with Gasteiger partial charge >= 0.3 is 6.03 Å². The van der Waals surface area contributed by atoms with Crippen molar-refractivity contribution in [3.8, 4) is 12.3 Å². The summed E-state index contributed by atoms with van der Waals surface area (Å²) in [6, 6.07) is 7.55. The number of amidine groups is 1. The van der Waals surface area contributed by atoms with Gasteiger partial charge in [0.25, 0.3) is 0 Å². The highest BCUT2D eigenvalue weighted by Gasteiger charge is 2.34. The summed E-state index contributed by atoms with van der Waals surface area (Å²) in [6.45, 7) is 0.224. The Morgan fingerprint density at radius 1 is 1.42 bits per heavy atom. The van der Waals surface area contributed by atoms with Crippen LogP contribution in [0.25, 0.3) is 0 Å². The third kappa shape index (κ3) is 2.08. The van der Waals surface area contributed by atoms with Gasteiger partial charge in [0.15, 0.2) is 0 Å². The summed E-state index contributed by atoms with van der Waals surface area (Å²) in [5.74, 6) is 3.48. The van der Waals surface area contributed by atoms with Gasteiger partial charge in [-0.1, -0.05) is 30.2 Å². The molecular formula is C15H15N3O. The second-order valence-corrected chi connectivity index (χ2v) is 5.00. The zero-order valence-electron chi connectivity index (χ0n) is 10.5. The van der Waals surface area contributed by atoms with E-state index in [0.717, 1.165) is 5.56 Å². The van der Waals surface area contributed by atoms with E-state index in [1.165, 1.54) is 23.3 Å². The van der Waals surface area contributed by atoms with Crippen molar-refractivity contribution in [1.29, 1.82) is 0 Å². The molecule has 4 heteroatoms. The van der Waals surface area contributed by atoms with Crippen molar-refractivity contribution < 1.29 is 4.79 Å². The normalized spacial score (nSPS) is 22.3. The van der Waals surface area contributed by atoms with E-state index in [0.29, 0.717) is 11.8 Å². The van der Waals surface area contributed by atoms with Crippen LogP contribution in [0.1, 0.15) is 35.9 Å². The van der Waals surface area contributed by atoms with Crippen LogP contribution in [-0.2, 0) is 0 Å². The molecule has 0 aromatic heterocycles. The number of hydrogen-bond donors (Lipinski definition) is 1. The Labute approximate surface area is 112 Å². The maximum Gasteiger partial charge on any atom is 0.346 e. The number of terminal acetylenes is 1. The predicted octanol–water partition coefficient (Wildman–Crippen LogP) is 2.03. The van der Waals surface area contributed by atoms with Crippen LogP contribution < -0.4 is 5.73 Å². The van der Waals surface area contributed by atoms with Crippen molar-refractivity contribution in [2.75, 3.05) is 6.54 Å². The van der Waals surface area contributed by atoms with Crippen LogP contribution in [-0.4, -0.2) is 23.3 Å². The van der Waals surface area contributed by atoms with Crippen molar-refractivity contribution in [3.63, 3.8) is 0 Å². The number of carbonyl (C=O) groups excluding carboxylic acids is 1. The van der Waals surface area contributed by atoms with E-state index in [1.807, 2.05) is 12.1 Å². The number of urea groups is 1. The van der Waals surface area contributed by atoms with Gasteiger partial charge in [-0.15, -0.1) is 6.42 Å². The van der Waals surface area contributed by atoms with Gasteiger partial charge in [-0.2, -0.15) is 4.99 Å². The first-order valence-electron chi connectivity index (χ1n) is 6.38. The average Bonchev–Trinajstić information content (AvgIpc) is 3.19. The fraction of sp³-hybridized carbons (Fsp3) is 0.333. The van der Waals surface area contributed by atoms with Crippen molar-refractivity contribution in [1.82, 2.24) is 4.90 Å². The molecule has 1 aromatic carbocycles. The molecule has 1 aliphatic heterocycles. The van der Waals surface area contributed by atoms with Gasteiger partial charge in [0.2, 0.25) is 0 Å². The van der Waals surface area contributed by atoms with E-state index in [1.54, 1.807) is 0 Å². The highest BCUT2D eigenvalue weighted by atomic mass is 16.2. The lowest BCUT2D eigenvalue weighted by atomic mass is 10.0. The van der Waals surface area contributed by atoms with E-state index >= 15 is 0 Å². The summed E-state index contributed by atoms with van der Waals surface area (Å²) in [6.07, 6.45) is 7.79. The summed E-state index contributed by atoms with van der Waals surface area (Å²) in [5, 5.41) is 0. The zero-order valence-corrected chi connectivity index (χ0v) is 10.5. The van der Waals surface area contributed by atoms with Crippen molar-refractivity contribution in [2.45, 2.75) is 24.8 Å². The summed E-state index contributed by atoms with van der Waals surface area (Å²) in [7, 11) is 0. The van der Waals surface area contributed by atoms with Crippen molar-refractivity contribution >= 4 is 11.9 Å². The van der Waals surface area contributed by atoms with Crippen LogP contribution in [0.5, 0.6) is 0 Å². The molecule has 4 nitrogen and oxygen atoms in total. The Morgan fingerprint density at radius 3 is 2.84 bits per heavy atom. The predicted molar refractivity (Wildman–Crippen MR) is 73.7 cm³/mol. The number of aliphatic imine (C=N–C) groups is 1. The molecule has 1 saturated carbocycles. The summed E-state index contributed by atoms with van der Waals surface area (Å²) in [4.78, 5) is 17.1. The minimum Gasteiger partial charge on any atom is -0.385 e. The fourth-order valence-electron chi connectivity index (χ4n) is 2.51. The lowest BCUT2D eigenvalue weighted by molar-refractivity contribution is 0.213. The van der Waals surface area contributed by atoms with Crippen LogP contribution in [0.4, 0.5) is 4.79 Å². The average molecular weight is 253 g/mol. The Kier molecular flexibility index (Phi) is 2.75. The first kappa shape index (κ1) is 11.8. The minimum atomic E-state index is -0.350. The number of benzene rings is 1. The third-order valence-electron chi connectivity index (χ3n) is 3.60. The SMILES string of the molecule is C#CCN1C(=O)N=C(N)C1c1cccc(C2CC2)c1. The number of nitrogens with two attached hydrogens (primary N) is 1. The van der Waals surface area contributed by atoms with Crippen LogP contribution in [0.15, 0.2) is 29.3 Å². The molecule has 96 valence electrons. The molecule has 1 aromatic rings. The first-order valence-corrected chi connectivity index (χ1v) is 6.38. The zero-order chi connectivity index (χ0) is 13.4. The molecule has 0 radical (unpaired) electrons. The Bertz CT molecular complexity index is 596. The van der Waals surface area contributed by atoms with Crippen LogP contribution >= 0.6 is 0 Å². The molecule has 0 saturated heterocycles. The molecule has 0 spiro atoms. The lowest BCUT2D eigenvalue weighted by Gasteiger charge is -2.22. The third-order valence-corrected chi connectivity index (χ3v) is 3.60. The highest BCUT2D eigenvalue weighted by molar-refractivity contribution is 6.03. The maximum atomic E-state index is 11.8. The smallest absolute Gasteiger partial charge is 0.346 e. The fourth-order valence-corrected chi connectivity index (χ4v) is 2.51. The molecule has 2 amide bonds. The molecule has 1 unspecified atom stereocenters. The van der Waals surface area contributed by atoms with Crippen molar-refractivity contribution in [2.24, 2.45) is 10.7 Å².